The minimum Gasteiger partial charge on any atom is -0.384 e. The third-order valence-electron chi connectivity index (χ3n) is 4.35. The third kappa shape index (κ3) is 1.67. The zero-order valence-corrected chi connectivity index (χ0v) is 11.2. The minimum absolute atomic E-state index is 0.519. The van der Waals surface area contributed by atoms with Gasteiger partial charge in [0.15, 0.2) is 0 Å². The molecular formula is C19H16O. The maximum Gasteiger partial charge on any atom is 0.105 e. The first-order valence-corrected chi connectivity index (χ1v) is 7.11. The molecule has 0 amide bonds. The van der Waals surface area contributed by atoms with Crippen molar-refractivity contribution >= 4 is 10.8 Å². The van der Waals surface area contributed by atoms with Gasteiger partial charge in [0.25, 0.3) is 0 Å². The Kier molecular flexibility index (Phi) is 2.61. The van der Waals surface area contributed by atoms with Gasteiger partial charge in [0.05, 0.1) is 0 Å². The van der Waals surface area contributed by atoms with Crippen LogP contribution in [0.2, 0.25) is 0 Å². The molecule has 1 unspecified atom stereocenters. The van der Waals surface area contributed by atoms with Crippen LogP contribution in [0.4, 0.5) is 0 Å². The molecular weight excluding hydrogens is 244 g/mol. The van der Waals surface area contributed by atoms with E-state index in [1.807, 2.05) is 18.2 Å². The average molecular weight is 260 g/mol. The summed E-state index contributed by atoms with van der Waals surface area (Å²) in [5.74, 6) is 0. The van der Waals surface area contributed by atoms with Gasteiger partial charge in [-0.3, -0.25) is 0 Å². The molecule has 4 rings (SSSR count). The molecule has 0 heterocycles. The fourth-order valence-electron chi connectivity index (χ4n) is 3.34. The van der Waals surface area contributed by atoms with Crippen LogP contribution in [-0.2, 0) is 12.8 Å². The predicted octanol–water partition coefficient (Wildman–Crippen LogP) is 4.02. The first-order valence-electron chi connectivity index (χ1n) is 7.11. The van der Waals surface area contributed by atoms with Crippen molar-refractivity contribution in [3.63, 3.8) is 0 Å². The molecule has 0 saturated heterocycles. The molecule has 1 atom stereocenters. The van der Waals surface area contributed by atoms with Crippen LogP contribution < -0.4 is 0 Å². The first-order chi connectivity index (χ1) is 9.84. The molecule has 20 heavy (non-hydrogen) atoms. The van der Waals surface area contributed by atoms with Crippen molar-refractivity contribution in [2.75, 3.05) is 0 Å². The van der Waals surface area contributed by atoms with E-state index < -0.39 is 6.10 Å². The summed E-state index contributed by atoms with van der Waals surface area (Å²) < 4.78 is 0. The maximum atomic E-state index is 10.9. The predicted molar refractivity (Wildman–Crippen MR) is 81.9 cm³/mol. The van der Waals surface area contributed by atoms with E-state index >= 15 is 0 Å². The van der Waals surface area contributed by atoms with Gasteiger partial charge >= 0.3 is 0 Å². The van der Waals surface area contributed by atoms with Gasteiger partial charge in [-0.1, -0.05) is 60.7 Å². The topological polar surface area (TPSA) is 20.2 Å². The van der Waals surface area contributed by atoms with E-state index in [4.69, 9.17) is 0 Å². The van der Waals surface area contributed by atoms with Crippen molar-refractivity contribution in [2.24, 2.45) is 0 Å². The highest BCUT2D eigenvalue weighted by Crippen LogP contribution is 2.36. The van der Waals surface area contributed by atoms with Crippen molar-refractivity contribution in [2.45, 2.75) is 18.9 Å². The average Bonchev–Trinajstić information content (AvgIpc) is 2.65. The van der Waals surface area contributed by atoms with Gasteiger partial charge in [-0.05, 0) is 45.9 Å². The van der Waals surface area contributed by atoms with E-state index in [9.17, 15) is 5.11 Å². The molecule has 0 spiro atoms. The lowest BCUT2D eigenvalue weighted by Crippen LogP contribution is -2.03. The highest BCUT2D eigenvalue weighted by Gasteiger charge is 2.23. The van der Waals surface area contributed by atoms with Crippen LogP contribution in [0.3, 0.4) is 0 Å². The molecule has 3 aromatic rings. The van der Waals surface area contributed by atoms with E-state index in [0.717, 1.165) is 24.0 Å². The Morgan fingerprint density at radius 2 is 1.50 bits per heavy atom. The van der Waals surface area contributed by atoms with Crippen LogP contribution in [0.5, 0.6) is 0 Å². The molecule has 98 valence electrons. The van der Waals surface area contributed by atoms with Gasteiger partial charge in [-0.15, -0.1) is 0 Å². The van der Waals surface area contributed by atoms with Gasteiger partial charge in [-0.2, -0.15) is 0 Å². The quantitative estimate of drug-likeness (QED) is 0.647. The van der Waals surface area contributed by atoms with Crippen molar-refractivity contribution < 1.29 is 5.11 Å². The van der Waals surface area contributed by atoms with Crippen LogP contribution in [0, 0.1) is 0 Å². The Labute approximate surface area is 118 Å². The summed E-state index contributed by atoms with van der Waals surface area (Å²) in [5, 5.41) is 13.3. The summed E-state index contributed by atoms with van der Waals surface area (Å²) in [6.45, 7) is 0. The Balaban J connectivity index is 2.03. The Hall–Kier alpha value is -2.12. The second kappa shape index (κ2) is 4.46. The highest BCUT2D eigenvalue weighted by atomic mass is 16.3. The fraction of sp³-hybridized carbons (Fsp3) is 0.158. The van der Waals surface area contributed by atoms with Gasteiger partial charge in [0.2, 0.25) is 0 Å². The lowest BCUT2D eigenvalue weighted by molar-refractivity contribution is 0.221. The Morgan fingerprint density at radius 3 is 2.45 bits per heavy atom. The summed E-state index contributed by atoms with van der Waals surface area (Å²) in [6, 6.07) is 20.9. The smallest absolute Gasteiger partial charge is 0.105 e. The molecule has 3 aromatic carbocycles. The first kappa shape index (κ1) is 11.7. The molecule has 1 aliphatic carbocycles. The van der Waals surface area contributed by atoms with Crippen molar-refractivity contribution in [3.05, 3.63) is 82.9 Å². The number of aliphatic hydroxyl groups is 1. The van der Waals surface area contributed by atoms with E-state index in [0.29, 0.717) is 0 Å². The van der Waals surface area contributed by atoms with Crippen LogP contribution in [0.1, 0.15) is 28.4 Å². The summed E-state index contributed by atoms with van der Waals surface area (Å²) >= 11 is 0. The number of aliphatic hydroxyl groups excluding tert-OH is 1. The van der Waals surface area contributed by atoms with Crippen molar-refractivity contribution in [1.82, 2.24) is 0 Å². The lowest BCUT2D eigenvalue weighted by atomic mass is 9.92. The second-order valence-corrected chi connectivity index (χ2v) is 5.46. The molecule has 1 aliphatic rings. The van der Waals surface area contributed by atoms with Gasteiger partial charge in [0.1, 0.15) is 6.10 Å². The number of hydrogen-bond donors (Lipinski definition) is 1. The zero-order chi connectivity index (χ0) is 13.5. The van der Waals surface area contributed by atoms with E-state index in [2.05, 4.69) is 42.5 Å². The van der Waals surface area contributed by atoms with E-state index in [1.165, 1.54) is 21.9 Å². The fourth-order valence-corrected chi connectivity index (χ4v) is 3.34. The summed E-state index contributed by atoms with van der Waals surface area (Å²) in [4.78, 5) is 0. The van der Waals surface area contributed by atoms with E-state index in [1.54, 1.807) is 0 Å². The Bertz CT molecular complexity index is 789. The second-order valence-electron chi connectivity index (χ2n) is 5.46. The number of aryl methyl sites for hydroxylation is 2. The monoisotopic (exact) mass is 260 g/mol. The largest absolute Gasteiger partial charge is 0.384 e. The lowest BCUT2D eigenvalue weighted by Gasteiger charge is -2.17. The number of hydrogen-bond acceptors (Lipinski definition) is 1. The summed E-state index contributed by atoms with van der Waals surface area (Å²) in [6.07, 6.45) is 1.47. The van der Waals surface area contributed by atoms with Crippen LogP contribution in [0.25, 0.3) is 10.8 Å². The number of rotatable bonds is 0. The number of fused-ring (bicyclic) bond motifs is 4. The van der Waals surface area contributed by atoms with Crippen LogP contribution >= 0.6 is 0 Å². The molecule has 1 nitrogen and oxygen atoms in total. The van der Waals surface area contributed by atoms with Crippen molar-refractivity contribution in [1.29, 1.82) is 0 Å². The van der Waals surface area contributed by atoms with Crippen LogP contribution in [0.15, 0.2) is 60.7 Å². The third-order valence-corrected chi connectivity index (χ3v) is 4.35. The highest BCUT2D eigenvalue weighted by molar-refractivity contribution is 5.87. The molecule has 1 heteroatoms. The molecule has 0 aliphatic heterocycles. The summed E-state index contributed by atoms with van der Waals surface area (Å²) in [7, 11) is 0. The molecule has 0 saturated carbocycles. The maximum absolute atomic E-state index is 10.9. The van der Waals surface area contributed by atoms with Gasteiger partial charge in [-0.25, -0.2) is 0 Å². The van der Waals surface area contributed by atoms with Gasteiger partial charge < -0.3 is 5.11 Å². The molecule has 0 aromatic heterocycles. The van der Waals surface area contributed by atoms with E-state index in [-0.39, 0.29) is 0 Å². The number of benzene rings is 3. The summed E-state index contributed by atoms with van der Waals surface area (Å²) in [5.41, 5.74) is 4.68. The molecule has 0 fully saturated rings. The molecule has 0 radical (unpaired) electrons. The zero-order valence-electron chi connectivity index (χ0n) is 11.2. The van der Waals surface area contributed by atoms with Crippen molar-refractivity contribution in [3.8, 4) is 0 Å². The van der Waals surface area contributed by atoms with Gasteiger partial charge in [0, 0.05) is 0 Å². The molecule has 0 bridgehead atoms. The Morgan fingerprint density at radius 1 is 0.750 bits per heavy atom. The van der Waals surface area contributed by atoms with Crippen LogP contribution in [-0.4, -0.2) is 5.11 Å². The minimum atomic E-state index is -0.519. The normalized spacial score (nSPS) is 17.4. The SMILES string of the molecule is OC1c2ccccc2CCc2ccc3ccccc3c21. The standard InChI is InChI=1S/C19H16O/c20-19-17-8-4-2-6-14(17)10-12-15-11-9-13-5-1-3-7-16(13)18(15)19/h1-9,11,19-20H,10,12H2. The molecule has 1 N–H and O–H groups in total.